The molecule has 142 valence electrons. The molecule has 0 aliphatic carbocycles. The van der Waals surface area contributed by atoms with Gasteiger partial charge in [-0.05, 0) is 28.5 Å². The Morgan fingerprint density at radius 3 is 2.39 bits per heavy atom. The zero-order valence-corrected chi connectivity index (χ0v) is 15.5. The molecule has 28 heavy (non-hydrogen) atoms. The highest BCUT2D eigenvalue weighted by atomic mass is 16.6. The van der Waals surface area contributed by atoms with Gasteiger partial charge in [0, 0.05) is 50.4 Å². The zero-order valence-electron chi connectivity index (χ0n) is 15.5. The Hall–Kier alpha value is -3.25. The normalized spacial score (nSPS) is 14.9. The van der Waals surface area contributed by atoms with Crippen LogP contribution in [-0.2, 0) is 6.54 Å². The van der Waals surface area contributed by atoms with Crippen molar-refractivity contribution in [1.29, 1.82) is 0 Å². The summed E-state index contributed by atoms with van der Waals surface area (Å²) < 4.78 is 0. The van der Waals surface area contributed by atoms with Crippen LogP contribution in [0.3, 0.4) is 0 Å². The minimum absolute atomic E-state index is 0.0548. The molecule has 3 aromatic carbocycles. The van der Waals surface area contributed by atoms with Crippen LogP contribution in [0.5, 0.6) is 0 Å². The zero-order chi connectivity index (χ0) is 19.5. The van der Waals surface area contributed by atoms with Crippen LogP contribution in [0.4, 0.5) is 5.69 Å². The van der Waals surface area contributed by atoms with E-state index in [2.05, 4.69) is 35.2 Å². The first-order valence-corrected chi connectivity index (χ1v) is 9.34. The average Bonchev–Trinajstić information content (AvgIpc) is 2.74. The van der Waals surface area contributed by atoms with E-state index in [4.69, 9.17) is 0 Å². The smallest absolute Gasteiger partial charge is 0.270 e. The predicted octanol–water partition coefficient (Wildman–Crippen LogP) is 3.71. The number of carbonyl (C=O) groups is 1. The van der Waals surface area contributed by atoms with E-state index in [1.165, 1.54) is 28.5 Å². The standard InChI is InChI=1S/C22H21N3O3/c26-22(20-6-3-7-21(15-20)25(27)28)24-12-10-23(11-13-24)16-17-8-9-18-4-1-2-5-19(18)14-17/h1-9,14-15H,10-13,16H2. The van der Waals surface area contributed by atoms with Gasteiger partial charge >= 0.3 is 0 Å². The highest BCUT2D eigenvalue weighted by Gasteiger charge is 2.23. The third kappa shape index (κ3) is 3.87. The number of nitro groups is 1. The number of amides is 1. The summed E-state index contributed by atoms with van der Waals surface area (Å²) in [7, 11) is 0. The molecule has 6 nitrogen and oxygen atoms in total. The van der Waals surface area contributed by atoms with Crippen LogP contribution in [0.15, 0.2) is 66.7 Å². The number of nitrogens with zero attached hydrogens (tertiary/aromatic N) is 3. The van der Waals surface area contributed by atoms with Gasteiger partial charge in [-0.2, -0.15) is 0 Å². The lowest BCUT2D eigenvalue weighted by molar-refractivity contribution is -0.384. The van der Waals surface area contributed by atoms with Gasteiger partial charge in [0.15, 0.2) is 0 Å². The molecule has 0 N–H and O–H groups in total. The Kier molecular flexibility index (Phi) is 5.04. The first-order chi connectivity index (χ1) is 13.6. The molecule has 1 fully saturated rings. The second-order valence-corrected chi connectivity index (χ2v) is 7.06. The Balaban J connectivity index is 1.38. The van der Waals surface area contributed by atoms with Crippen molar-refractivity contribution in [2.75, 3.05) is 26.2 Å². The maximum absolute atomic E-state index is 12.7. The van der Waals surface area contributed by atoms with Crippen molar-refractivity contribution in [2.24, 2.45) is 0 Å². The lowest BCUT2D eigenvalue weighted by Crippen LogP contribution is -2.48. The molecule has 0 spiro atoms. The van der Waals surface area contributed by atoms with Gasteiger partial charge in [-0.15, -0.1) is 0 Å². The molecule has 1 amide bonds. The van der Waals surface area contributed by atoms with Crippen molar-refractivity contribution in [3.63, 3.8) is 0 Å². The van der Waals surface area contributed by atoms with Gasteiger partial charge < -0.3 is 4.90 Å². The predicted molar refractivity (Wildman–Crippen MR) is 108 cm³/mol. The van der Waals surface area contributed by atoms with Crippen LogP contribution in [0, 0.1) is 10.1 Å². The minimum Gasteiger partial charge on any atom is -0.336 e. The van der Waals surface area contributed by atoms with E-state index >= 15 is 0 Å². The van der Waals surface area contributed by atoms with Crippen molar-refractivity contribution in [3.05, 3.63) is 88.0 Å². The number of non-ortho nitro benzene ring substituents is 1. The van der Waals surface area contributed by atoms with Gasteiger partial charge in [-0.3, -0.25) is 19.8 Å². The van der Waals surface area contributed by atoms with Gasteiger partial charge in [0.25, 0.3) is 11.6 Å². The van der Waals surface area contributed by atoms with E-state index in [0.29, 0.717) is 18.7 Å². The third-order valence-electron chi connectivity index (χ3n) is 5.18. The summed E-state index contributed by atoms with van der Waals surface area (Å²) in [6, 6.07) is 20.8. The van der Waals surface area contributed by atoms with Crippen molar-refractivity contribution in [2.45, 2.75) is 6.54 Å². The second kappa shape index (κ2) is 7.78. The third-order valence-corrected chi connectivity index (χ3v) is 5.18. The summed E-state index contributed by atoms with van der Waals surface area (Å²) in [5.74, 6) is -0.144. The molecule has 3 aromatic rings. The maximum Gasteiger partial charge on any atom is 0.270 e. The van der Waals surface area contributed by atoms with E-state index in [0.717, 1.165) is 19.6 Å². The Morgan fingerprint density at radius 2 is 1.64 bits per heavy atom. The average molecular weight is 375 g/mol. The van der Waals surface area contributed by atoms with E-state index in [9.17, 15) is 14.9 Å². The van der Waals surface area contributed by atoms with Crippen molar-refractivity contribution in [3.8, 4) is 0 Å². The van der Waals surface area contributed by atoms with Crippen LogP contribution >= 0.6 is 0 Å². The number of hydrogen-bond donors (Lipinski definition) is 0. The number of nitro benzene ring substituents is 1. The number of rotatable bonds is 4. The van der Waals surface area contributed by atoms with Gasteiger partial charge in [0.1, 0.15) is 0 Å². The molecule has 1 aliphatic heterocycles. The Bertz CT molecular complexity index is 1030. The summed E-state index contributed by atoms with van der Waals surface area (Å²) in [5.41, 5.74) is 1.58. The number of hydrogen-bond acceptors (Lipinski definition) is 4. The Morgan fingerprint density at radius 1 is 0.893 bits per heavy atom. The lowest BCUT2D eigenvalue weighted by Gasteiger charge is -2.34. The summed E-state index contributed by atoms with van der Waals surface area (Å²) in [5, 5.41) is 13.4. The van der Waals surface area contributed by atoms with E-state index < -0.39 is 4.92 Å². The van der Waals surface area contributed by atoms with Crippen LogP contribution in [-0.4, -0.2) is 46.8 Å². The summed E-state index contributed by atoms with van der Waals surface area (Å²) in [6.45, 7) is 3.66. The second-order valence-electron chi connectivity index (χ2n) is 7.06. The van der Waals surface area contributed by atoms with E-state index in [1.54, 1.807) is 17.0 Å². The van der Waals surface area contributed by atoms with Crippen LogP contribution in [0.1, 0.15) is 15.9 Å². The maximum atomic E-state index is 12.7. The highest BCUT2D eigenvalue weighted by molar-refractivity contribution is 5.95. The molecule has 4 rings (SSSR count). The quantitative estimate of drug-likeness (QED) is 0.515. The first kappa shape index (κ1) is 18.1. The molecule has 1 heterocycles. The van der Waals surface area contributed by atoms with Gasteiger partial charge in [0.2, 0.25) is 0 Å². The molecule has 6 heteroatoms. The summed E-state index contributed by atoms with van der Waals surface area (Å²) in [6.07, 6.45) is 0. The van der Waals surface area contributed by atoms with E-state index in [-0.39, 0.29) is 11.6 Å². The molecule has 1 saturated heterocycles. The largest absolute Gasteiger partial charge is 0.336 e. The molecule has 0 radical (unpaired) electrons. The summed E-state index contributed by atoms with van der Waals surface area (Å²) in [4.78, 5) is 27.2. The SMILES string of the molecule is O=C(c1cccc([N+](=O)[O-])c1)N1CCN(Cc2ccc3ccccc3c2)CC1. The van der Waals surface area contributed by atoms with Crippen molar-refractivity contribution >= 4 is 22.4 Å². The molecule has 0 aromatic heterocycles. The van der Waals surface area contributed by atoms with Crippen molar-refractivity contribution < 1.29 is 9.72 Å². The van der Waals surface area contributed by atoms with Gasteiger partial charge in [-0.1, -0.05) is 42.5 Å². The molecule has 0 unspecified atom stereocenters. The minimum atomic E-state index is -0.474. The highest BCUT2D eigenvalue weighted by Crippen LogP contribution is 2.19. The molecule has 0 atom stereocenters. The topological polar surface area (TPSA) is 66.7 Å². The van der Waals surface area contributed by atoms with E-state index in [1.807, 2.05) is 12.1 Å². The van der Waals surface area contributed by atoms with Crippen LogP contribution < -0.4 is 0 Å². The lowest BCUT2D eigenvalue weighted by atomic mass is 10.1. The molecule has 0 bridgehead atoms. The number of piperazine rings is 1. The molecular weight excluding hydrogens is 354 g/mol. The number of fused-ring (bicyclic) bond motifs is 1. The fraction of sp³-hybridized carbons (Fsp3) is 0.227. The monoisotopic (exact) mass is 375 g/mol. The molecule has 1 aliphatic rings. The fourth-order valence-corrected chi connectivity index (χ4v) is 3.64. The molecular formula is C22H21N3O3. The number of benzene rings is 3. The van der Waals surface area contributed by atoms with Crippen LogP contribution in [0.25, 0.3) is 10.8 Å². The fourth-order valence-electron chi connectivity index (χ4n) is 3.64. The summed E-state index contributed by atoms with van der Waals surface area (Å²) >= 11 is 0. The molecule has 0 saturated carbocycles. The van der Waals surface area contributed by atoms with Crippen molar-refractivity contribution in [1.82, 2.24) is 9.80 Å². The van der Waals surface area contributed by atoms with Gasteiger partial charge in [-0.25, -0.2) is 0 Å². The van der Waals surface area contributed by atoms with Gasteiger partial charge in [0.05, 0.1) is 4.92 Å². The number of carbonyl (C=O) groups excluding carboxylic acids is 1. The van der Waals surface area contributed by atoms with Crippen LogP contribution in [0.2, 0.25) is 0 Å². The Labute approximate surface area is 163 Å². The first-order valence-electron chi connectivity index (χ1n) is 9.34.